The van der Waals surface area contributed by atoms with E-state index >= 15 is 0 Å². The van der Waals surface area contributed by atoms with Crippen molar-refractivity contribution < 1.29 is 0 Å². The Bertz CT molecular complexity index is 657. The Morgan fingerprint density at radius 1 is 1.44 bits per heavy atom. The van der Waals surface area contributed by atoms with Crippen LogP contribution in [0.15, 0.2) is 36.0 Å². The molecule has 0 aliphatic carbocycles. The van der Waals surface area contributed by atoms with E-state index in [1.54, 1.807) is 23.7 Å². The standard InChI is InChI=1S/C13H14N4S/c1-9(7-10-3-2-6-18-10)17-12-4-5-15-8-11(12)16-13(17)14/h2-6,8-9H,7H2,1H3,(H2,14,16). The summed E-state index contributed by atoms with van der Waals surface area (Å²) in [5.41, 5.74) is 7.91. The van der Waals surface area contributed by atoms with Crippen LogP contribution in [0.5, 0.6) is 0 Å². The quantitative estimate of drug-likeness (QED) is 0.786. The number of anilines is 1. The molecule has 3 heterocycles. The molecule has 0 fully saturated rings. The minimum Gasteiger partial charge on any atom is -0.369 e. The summed E-state index contributed by atoms with van der Waals surface area (Å²) in [6, 6.07) is 6.48. The maximum absolute atomic E-state index is 6.01. The summed E-state index contributed by atoms with van der Waals surface area (Å²) >= 11 is 1.77. The zero-order chi connectivity index (χ0) is 12.5. The Hall–Kier alpha value is -1.88. The maximum Gasteiger partial charge on any atom is 0.201 e. The molecule has 4 nitrogen and oxygen atoms in total. The fourth-order valence-electron chi connectivity index (χ4n) is 2.24. The first-order chi connectivity index (χ1) is 8.75. The van der Waals surface area contributed by atoms with Crippen molar-refractivity contribution in [3.63, 3.8) is 0 Å². The molecule has 3 aromatic heterocycles. The van der Waals surface area contributed by atoms with Gasteiger partial charge in [-0.1, -0.05) is 6.07 Å². The van der Waals surface area contributed by atoms with Crippen LogP contribution in [-0.4, -0.2) is 14.5 Å². The summed E-state index contributed by atoms with van der Waals surface area (Å²) in [6.07, 6.45) is 4.49. The van der Waals surface area contributed by atoms with Crippen LogP contribution in [0.3, 0.4) is 0 Å². The first-order valence-corrected chi connectivity index (χ1v) is 6.73. The molecule has 3 aromatic rings. The molecule has 3 rings (SSSR count). The topological polar surface area (TPSA) is 56.7 Å². The third-order valence-electron chi connectivity index (χ3n) is 3.04. The molecule has 0 aliphatic rings. The minimum absolute atomic E-state index is 0.288. The molecule has 1 unspecified atom stereocenters. The predicted octanol–water partition coefficient (Wildman–Crippen LogP) is 2.88. The van der Waals surface area contributed by atoms with Crippen LogP contribution in [-0.2, 0) is 6.42 Å². The molecule has 2 N–H and O–H groups in total. The summed E-state index contributed by atoms with van der Waals surface area (Å²) in [4.78, 5) is 9.78. The van der Waals surface area contributed by atoms with Crippen molar-refractivity contribution in [1.82, 2.24) is 14.5 Å². The number of thiophene rings is 1. The van der Waals surface area contributed by atoms with Crippen molar-refractivity contribution in [1.29, 1.82) is 0 Å². The molecule has 0 aromatic carbocycles. The van der Waals surface area contributed by atoms with Crippen LogP contribution in [0.25, 0.3) is 11.0 Å². The van der Waals surface area contributed by atoms with Gasteiger partial charge in [-0.3, -0.25) is 4.98 Å². The molecule has 1 atom stereocenters. The van der Waals surface area contributed by atoms with E-state index in [1.165, 1.54) is 4.88 Å². The minimum atomic E-state index is 0.288. The molecule has 0 amide bonds. The lowest BCUT2D eigenvalue weighted by Crippen LogP contribution is -2.10. The van der Waals surface area contributed by atoms with Gasteiger partial charge in [-0.2, -0.15) is 0 Å². The average molecular weight is 258 g/mol. The number of hydrogen-bond donors (Lipinski definition) is 1. The van der Waals surface area contributed by atoms with E-state index in [1.807, 2.05) is 6.07 Å². The van der Waals surface area contributed by atoms with E-state index < -0.39 is 0 Å². The summed E-state index contributed by atoms with van der Waals surface area (Å²) in [7, 11) is 0. The van der Waals surface area contributed by atoms with E-state index in [0.29, 0.717) is 5.95 Å². The van der Waals surface area contributed by atoms with Gasteiger partial charge in [0.25, 0.3) is 0 Å². The van der Waals surface area contributed by atoms with Crippen molar-refractivity contribution in [2.24, 2.45) is 0 Å². The molecular formula is C13H14N4S. The normalized spacial score (nSPS) is 12.9. The van der Waals surface area contributed by atoms with Crippen molar-refractivity contribution in [3.8, 4) is 0 Å². The molecule has 92 valence electrons. The molecule has 0 spiro atoms. The van der Waals surface area contributed by atoms with Gasteiger partial charge < -0.3 is 10.3 Å². The van der Waals surface area contributed by atoms with Crippen LogP contribution >= 0.6 is 11.3 Å². The number of rotatable bonds is 3. The lowest BCUT2D eigenvalue weighted by molar-refractivity contribution is 0.571. The van der Waals surface area contributed by atoms with Gasteiger partial charge in [0.15, 0.2) is 0 Å². The molecule has 18 heavy (non-hydrogen) atoms. The van der Waals surface area contributed by atoms with Crippen LogP contribution in [0.2, 0.25) is 0 Å². The predicted molar refractivity (Wildman–Crippen MR) is 74.7 cm³/mol. The third kappa shape index (κ3) is 1.86. The van der Waals surface area contributed by atoms with Gasteiger partial charge in [-0.25, -0.2) is 4.98 Å². The van der Waals surface area contributed by atoms with Crippen molar-refractivity contribution in [2.45, 2.75) is 19.4 Å². The monoisotopic (exact) mass is 258 g/mol. The number of nitrogens with two attached hydrogens (primary N) is 1. The van der Waals surface area contributed by atoms with Gasteiger partial charge >= 0.3 is 0 Å². The summed E-state index contributed by atoms with van der Waals surface area (Å²) in [6.45, 7) is 2.16. The lowest BCUT2D eigenvalue weighted by Gasteiger charge is -2.15. The second-order valence-corrected chi connectivity index (χ2v) is 5.37. The van der Waals surface area contributed by atoms with Crippen molar-refractivity contribution in [2.75, 3.05) is 5.73 Å². The summed E-state index contributed by atoms with van der Waals surface area (Å²) in [5, 5.41) is 2.10. The number of nitrogen functional groups attached to an aromatic ring is 1. The van der Waals surface area contributed by atoms with E-state index in [-0.39, 0.29) is 6.04 Å². The zero-order valence-corrected chi connectivity index (χ0v) is 10.9. The van der Waals surface area contributed by atoms with Gasteiger partial charge in [-0.05, 0) is 24.4 Å². The van der Waals surface area contributed by atoms with Crippen LogP contribution in [0.4, 0.5) is 5.95 Å². The van der Waals surface area contributed by atoms with E-state index in [4.69, 9.17) is 5.73 Å². The number of nitrogens with zero attached hydrogens (tertiary/aromatic N) is 3. The first kappa shape index (κ1) is 11.2. The maximum atomic E-state index is 6.01. The number of aromatic nitrogens is 3. The molecule has 0 aliphatic heterocycles. The highest BCUT2D eigenvalue weighted by Gasteiger charge is 2.14. The number of imidazole rings is 1. The molecular weight excluding hydrogens is 244 g/mol. The number of fused-ring (bicyclic) bond motifs is 1. The van der Waals surface area contributed by atoms with E-state index in [2.05, 4.69) is 39.0 Å². The number of pyridine rings is 1. The number of hydrogen-bond acceptors (Lipinski definition) is 4. The smallest absolute Gasteiger partial charge is 0.201 e. The highest BCUT2D eigenvalue weighted by atomic mass is 32.1. The first-order valence-electron chi connectivity index (χ1n) is 5.85. The lowest BCUT2D eigenvalue weighted by atomic mass is 10.2. The second kappa shape index (κ2) is 4.42. The molecule has 0 bridgehead atoms. The fourth-order valence-corrected chi connectivity index (χ4v) is 3.07. The van der Waals surface area contributed by atoms with Gasteiger partial charge in [-0.15, -0.1) is 11.3 Å². The third-order valence-corrected chi connectivity index (χ3v) is 3.94. The Kier molecular flexibility index (Phi) is 2.76. The van der Waals surface area contributed by atoms with Gasteiger partial charge in [0.05, 0.1) is 11.7 Å². The fraction of sp³-hybridized carbons (Fsp3) is 0.231. The second-order valence-electron chi connectivity index (χ2n) is 4.34. The average Bonchev–Trinajstić information content (AvgIpc) is 2.94. The molecule has 0 saturated carbocycles. The van der Waals surface area contributed by atoms with Gasteiger partial charge in [0.2, 0.25) is 5.95 Å². The van der Waals surface area contributed by atoms with Gasteiger partial charge in [0, 0.05) is 23.5 Å². The Balaban J connectivity index is 2.00. The van der Waals surface area contributed by atoms with Crippen molar-refractivity contribution in [3.05, 3.63) is 40.8 Å². The highest BCUT2D eigenvalue weighted by Crippen LogP contribution is 2.25. The highest BCUT2D eigenvalue weighted by molar-refractivity contribution is 7.09. The molecule has 0 radical (unpaired) electrons. The summed E-state index contributed by atoms with van der Waals surface area (Å²) < 4.78 is 2.08. The van der Waals surface area contributed by atoms with Crippen LogP contribution < -0.4 is 5.73 Å². The Morgan fingerprint density at radius 3 is 3.11 bits per heavy atom. The molecule has 0 saturated heterocycles. The van der Waals surface area contributed by atoms with Crippen molar-refractivity contribution >= 4 is 28.3 Å². The summed E-state index contributed by atoms with van der Waals surface area (Å²) in [5.74, 6) is 0.557. The SMILES string of the molecule is CC(Cc1cccs1)n1c(N)nc2cnccc21. The van der Waals surface area contributed by atoms with Gasteiger partial charge in [0.1, 0.15) is 5.52 Å². The Labute approximate surface area is 109 Å². The molecule has 5 heteroatoms. The Morgan fingerprint density at radius 2 is 2.33 bits per heavy atom. The zero-order valence-electron chi connectivity index (χ0n) is 10.1. The van der Waals surface area contributed by atoms with E-state index in [9.17, 15) is 0 Å². The van der Waals surface area contributed by atoms with Crippen LogP contribution in [0.1, 0.15) is 17.8 Å². The van der Waals surface area contributed by atoms with E-state index in [0.717, 1.165) is 17.5 Å². The largest absolute Gasteiger partial charge is 0.369 e. The van der Waals surface area contributed by atoms with Crippen LogP contribution in [0, 0.1) is 0 Å².